The van der Waals surface area contributed by atoms with Crippen molar-refractivity contribution in [2.75, 3.05) is 11.9 Å². The molecule has 0 saturated carbocycles. The lowest BCUT2D eigenvalue weighted by Gasteiger charge is -2.14. The molecular formula is C23H19ClFN3O. The van der Waals surface area contributed by atoms with Crippen molar-refractivity contribution < 1.29 is 9.13 Å². The van der Waals surface area contributed by atoms with E-state index in [1.54, 1.807) is 24.5 Å². The minimum absolute atomic E-state index is 0.0506. The Balaban J connectivity index is 1.83. The maximum absolute atomic E-state index is 13.5. The minimum Gasteiger partial charge on any atom is -0.494 e. The molecule has 1 N–H and O–H groups in total. The molecule has 0 unspecified atom stereocenters. The highest BCUT2D eigenvalue weighted by molar-refractivity contribution is 6.31. The SMILES string of the molecule is CCCOc1ccc2cc(-c3cccnc3)nc(Nc3ccc(F)c(Cl)c3)c2c1. The summed E-state index contributed by atoms with van der Waals surface area (Å²) in [5.41, 5.74) is 2.33. The smallest absolute Gasteiger partial charge is 0.141 e. The number of rotatable bonds is 6. The Morgan fingerprint density at radius 1 is 1.10 bits per heavy atom. The van der Waals surface area contributed by atoms with Gasteiger partial charge in [0.05, 0.1) is 17.3 Å². The third-order valence-electron chi connectivity index (χ3n) is 4.42. The molecule has 6 heteroatoms. The van der Waals surface area contributed by atoms with Gasteiger partial charge in [-0.1, -0.05) is 24.6 Å². The average Bonchev–Trinajstić information content (AvgIpc) is 2.75. The summed E-state index contributed by atoms with van der Waals surface area (Å²) in [6.07, 6.45) is 4.42. The van der Waals surface area contributed by atoms with Gasteiger partial charge in [-0.3, -0.25) is 4.98 Å². The number of aromatic nitrogens is 2. The molecule has 2 aromatic carbocycles. The second-order valence-corrected chi connectivity index (χ2v) is 6.99. The van der Waals surface area contributed by atoms with Crippen LogP contribution in [0.5, 0.6) is 5.75 Å². The third kappa shape index (κ3) is 4.30. The molecule has 0 saturated heterocycles. The average molecular weight is 408 g/mol. The Bertz CT molecular complexity index is 1150. The van der Waals surface area contributed by atoms with Crippen molar-refractivity contribution >= 4 is 33.9 Å². The van der Waals surface area contributed by atoms with Crippen molar-refractivity contribution in [2.24, 2.45) is 0 Å². The Morgan fingerprint density at radius 2 is 2.00 bits per heavy atom. The molecule has 0 amide bonds. The molecule has 0 fully saturated rings. The van der Waals surface area contributed by atoms with Crippen LogP contribution < -0.4 is 10.1 Å². The molecule has 4 rings (SSSR count). The highest BCUT2D eigenvalue weighted by atomic mass is 35.5. The van der Waals surface area contributed by atoms with Gasteiger partial charge in [-0.2, -0.15) is 0 Å². The third-order valence-corrected chi connectivity index (χ3v) is 4.71. The first kappa shape index (κ1) is 19.2. The van der Waals surface area contributed by atoms with E-state index in [4.69, 9.17) is 21.3 Å². The number of nitrogens with zero attached hydrogens (tertiary/aromatic N) is 2. The molecule has 0 radical (unpaired) electrons. The van der Waals surface area contributed by atoms with Gasteiger partial charge < -0.3 is 10.1 Å². The zero-order chi connectivity index (χ0) is 20.2. The summed E-state index contributed by atoms with van der Waals surface area (Å²) in [4.78, 5) is 8.98. The van der Waals surface area contributed by atoms with Gasteiger partial charge in [0.15, 0.2) is 0 Å². The first-order valence-electron chi connectivity index (χ1n) is 9.34. The Morgan fingerprint density at radius 3 is 2.76 bits per heavy atom. The number of fused-ring (bicyclic) bond motifs is 1. The van der Waals surface area contributed by atoms with E-state index in [2.05, 4.69) is 17.2 Å². The Hall–Kier alpha value is -3.18. The fourth-order valence-electron chi connectivity index (χ4n) is 3.00. The monoisotopic (exact) mass is 407 g/mol. The highest BCUT2D eigenvalue weighted by Gasteiger charge is 2.11. The van der Waals surface area contributed by atoms with Gasteiger partial charge in [0.1, 0.15) is 17.4 Å². The van der Waals surface area contributed by atoms with Gasteiger partial charge >= 0.3 is 0 Å². The van der Waals surface area contributed by atoms with Gasteiger partial charge in [0.2, 0.25) is 0 Å². The summed E-state index contributed by atoms with van der Waals surface area (Å²) < 4.78 is 19.3. The van der Waals surface area contributed by atoms with Crippen LogP contribution in [-0.4, -0.2) is 16.6 Å². The summed E-state index contributed by atoms with van der Waals surface area (Å²) in [5.74, 6) is 0.941. The van der Waals surface area contributed by atoms with Crippen molar-refractivity contribution in [3.8, 4) is 17.0 Å². The number of benzene rings is 2. The molecule has 4 aromatic rings. The summed E-state index contributed by atoms with van der Waals surface area (Å²) in [7, 11) is 0. The zero-order valence-corrected chi connectivity index (χ0v) is 16.6. The number of nitrogens with one attached hydrogen (secondary N) is 1. The number of pyridine rings is 2. The van der Waals surface area contributed by atoms with E-state index < -0.39 is 5.82 Å². The standard InChI is InChI=1S/C23H19ClFN3O/c1-2-10-29-18-7-5-15-11-22(16-4-3-9-26-14-16)28-23(19(15)13-18)27-17-6-8-21(25)20(24)12-17/h3-9,11-14H,2,10H2,1H3,(H,27,28). The van der Waals surface area contributed by atoms with Crippen LogP contribution in [0.15, 0.2) is 67.0 Å². The zero-order valence-electron chi connectivity index (χ0n) is 15.8. The molecule has 0 aliphatic carbocycles. The Kier molecular flexibility index (Phi) is 5.58. The lowest BCUT2D eigenvalue weighted by atomic mass is 10.1. The van der Waals surface area contributed by atoms with Gasteiger partial charge in [0, 0.05) is 29.0 Å². The predicted octanol–water partition coefficient (Wildman–Crippen LogP) is 6.62. The minimum atomic E-state index is -0.464. The molecule has 0 aliphatic heterocycles. The fraction of sp³-hybridized carbons (Fsp3) is 0.130. The maximum atomic E-state index is 13.5. The van der Waals surface area contributed by atoms with E-state index in [9.17, 15) is 4.39 Å². The number of halogens is 2. The summed E-state index contributed by atoms with van der Waals surface area (Å²) >= 11 is 5.94. The molecule has 0 bridgehead atoms. The molecule has 4 nitrogen and oxygen atoms in total. The molecule has 2 heterocycles. The summed E-state index contributed by atoms with van der Waals surface area (Å²) in [6, 6.07) is 16.2. The molecule has 29 heavy (non-hydrogen) atoms. The second-order valence-electron chi connectivity index (χ2n) is 6.58. The Labute approximate surface area is 173 Å². The number of anilines is 2. The summed E-state index contributed by atoms with van der Waals surface area (Å²) in [6.45, 7) is 2.71. The van der Waals surface area contributed by atoms with Crippen LogP contribution in [0.25, 0.3) is 22.0 Å². The van der Waals surface area contributed by atoms with Crippen molar-refractivity contribution in [2.45, 2.75) is 13.3 Å². The van der Waals surface area contributed by atoms with Crippen molar-refractivity contribution in [3.05, 3.63) is 77.8 Å². The van der Waals surface area contributed by atoms with Crippen LogP contribution in [-0.2, 0) is 0 Å². The number of hydrogen-bond acceptors (Lipinski definition) is 4. The van der Waals surface area contributed by atoms with Gasteiger partial charge in [0.25, 0.3) is 0 Å². The molecule has 2 aromatic heterocycles. The molecule has 0 atom stereocenters. The highest BCUT2D eigenvalue weighted by Crippen LogP contribution is 2.33. The normalized spacial score (nSPS) is 10.9. The van der Waals surface area contributed by atoms with Gasteiger partial charge in [-0.25, -0.2) is 9.37 Å². The van der Waals surface area contributed by atoms with E-state index in [0.29, 0.717) is 18.1 Å². The summed E-state index contributed by atoms with van der Waals surface area (Å²) in [5, 5.41) is 5.21. The van der Waals surface area contributed by atoms with Crippen LogP contribution in [0, 0.1) is 5.82 Å². The van der Waals surface area contributed by atoms with E-state index in [0.717, 1.165) is 34.2 Å². The molecule has 0 aliphatic rings. The van der Waals surface area contributed by atoms with E-state index >= 15 is 0 Å². The van der Waals surface area contributed by atoms with Crippen molar-refractivity contribution in [3.63, 3.8) is 0 Å². The van der Waals surface area contributed by atoms with Crippen LogP contribution in [0.2, 0.25) is 5.02 Å². The quantitative estimate of drug-likeness (QED) is 0.390. The maximum Gasteiger partial charge on any atom is 0.141 e. The van der Waals surface area contributed by atoms with Crippen LogP contribution >= 0.6 is 11.6 Å². The number of hydrogen-bond donors (Lipinski definition) is 1. The largest absolute Gasteiger partial charge is 0.494 e. The molecule has 146 valence electrons. The lowest BCUT2D eigenvalue weighted by Crippen LogP contribution is -1.99. The predicted molar refractivity (Wildman–Crippen MR) is 115 cm³/mol. The van der Waals surface area contributed by atoms with Gasteiger partial charge in [-0.05, 0) is 60.3 Å². The van der Waals surface area contributed by atoms with E-state index in [1.165, 1.54) is 6.07 Å². The lowest BCUT2D eigenvalue weighted by molar-refractivity contribution is 0.318. The first-order chi connectivity index (χ1) is 14.1. The first-order valence-corrected chi connectivity index (χ1v) is 9.72. The van der Waals surface area contributed by atoms with E-state index in [1.807, 2.05) is 36.4 Å². The van der Waals surface area contributed by atoms with Gasteiger partial charge in [-0.15, -0.1) is 0 Å². The fourth-order valence-corrected chi connectivity index (χ4v) is 3.18. The second kappa shape index (κ2) is 8.45. The molecule has 0 spiro atoms. The van der Waals surface area contributed by atoms with Crippen molar-refractivity contribution in [1.82, 2.24) is 9.97 Å². The number of ether oxygens (including phenoxy) is 1. The topological polar surface area (TPSA) is 47.0 Å². The molecular weight excluding hydrogens is 389 g/mol. The van der Waals surface area contributed by atoms with E-state index in [-0.39, 0.29) is 5.02 Å². The van der Waals surface area contributed by atoms with Crippen LogP contribution in [0.1, 0.15) is 13.3 Å². The van der Waals surface area contributed by atoms with Crippen LogP contribution in [0.4, 0.5) is 15.9 Å². The van der Waals surface area contributed by atoms with Crippen LogP contribution in [0.3, 0.4) is 0 Å². The van der Waals surface area contributed by atoms with Crippen molar-refractivity contribution in [1.29, 1.82) is 0 Å².